The number of furan rings is 1. The molecule has 0 aliphatic carbocycles. The normalized spacial score (nSPS) is 10.9. The average molecular weight is 504 g/mol. The summed E-state index contributed by atoms with van der Waals surface area (Å²) < 4.78 is 6.83. The Labute approximate surface area is 210 Å². The van der Waals surface area contributed by atoms with Crippen LogP contribution in [0, 0.1) is 0 Å². The molecule has 2 aromatic heterocycles. The summed E-state index contributed by atoms with van der Waals surface area (Å²) in [4.78, 5) is 17.2. The van der Waals surface area contributed by atoms with Gasteiger partial charge in [0.2, 0.25) is 0 Å². The lowest BCUT2D eigenvalue weighted by Crippen LogP contribution is -2.38. The summed E-state index contributed by atoms with van der Waals surface area (Å²) >= 11 is 13.0. The largest absolute Gasteiger partial charge is 0.451 e. The molecule has 0 fully saturated rings. The number of nitrogens with one attached hydrogen (secondary N) is 2. The van der Waals surface area contributed by atoms with Crippen LogP contribution in [0.1, 0.15) is 16.1 Å². The molecule has 0 spiro atoms. The first-order valence-electron chi connectivity index (χ1n) is 10.4. The zero-order chi connectivity index (χ0) is 23.5. The fourth-order valence-corrected chi connectivity index (χ4v) is 4.74. The number of benzene rings is 3. The van der Waals surface area contributed by atoms with Gasteiger partial charge in [0, 0.05) is 22.7 Å². The van der Waals surface area contributed by atoms with Crippen molar-refractivity contribution in [3.63, 3.8) is 0 Å². The number of thiocarbonyl (C=S) groups is 1. The smallest absolute Gasteiger partial charge is 0.293 e. The van der Waals surface area contributed by atoms with Crippen molar-refractivity contribution < 1.29 is 9.21 Å². The highest BCUT2D eigenvalue weighted by Gasteiger charge is 2.14. The number of aromatic nitrogens is 1. The van der Waals surface area contributed by atoms with E-state index in [1.54, 1.807) is 35.6 Å². The van der Waals surface area contributed by atoms with E-state index < -0.39 is 5.91 Å². The van der Waals surface area contributed by atoms with Gasteiger partial charge in [0.15, 0.2) is 10.9 Å². The van der Waals surface area contributed by atoms with E-state index in [4.69, 9.17) is 33.2 Å². The summed E-state index contributed by atoms with van der Waals surface area (Å²) in [5.41, 5.74) is 3.89. The molecular formula is C26H18ClN3O2S2. The van der Waals surface area contributed by atoms with Gasteiger partial charge in [-0.15, -0.1) is 11.3 Å². The minimum atomic E-state index is -0.419. The highest BCUT2D eigenvalue weighted by molar-refractivity contribution is 7.80. The average Bonchev–Trinajstić information content (AvgIpc) is 3.51. The van der Waals surface area contributed by atoms with E-state index in [1.807, 2.05) is 54.6 Å². The monoisotopic (exact) mass is 503 g/mol. The number of para-hydroxylation sites is 1. The van der Waals surface area contributed by atoms with Crippen LogP contribution < -0.4 is 10.6 Å². The molecule has 0 bridgehead atoms. The summed E-state index contributed by atoms with van der Waals surface area (Å²) in [7, 11) is 0. The van der Waals surface area contributed by atoms with Gasteiger partial charge in [0.1, 0.15) is 10.8 Å². The zero-order valence-corrected chi connectivity index (χ0v) is 20.1. The number of hydrogen-bond donors (Lipinski definition) is 2. The van der Waals surface area contributed by atoms with E-state index in [0.29, 0.717) is 17.3 Å². The predicted octanol–water partition coefficient (Wildman–Crippen LogP) is 6.68. The van der Waals surface area contributed by atoms with Gasteiger partial charge in [-0.25, -0.2) is 4.98 Å². The van der Waals surface area contributed by atoms with E-state index in [0.717, 1.165) is 27.2 Å². The molecule has 5 nitrogen and oxygen atoms in total. The van der Waals surface area contributed by atoms with Gasteiger partial charge in [0.05, 0.1) is 10.2 Å². The van der Waals surface area contributed by atoms with Crippen LogP contribution in [0.25, 0.3) is 32.1 Å². The van der Waals surface area contributed by atoms with Crippen molar-refractivity contribution in [2.45, 2.75) is 6.54 Å². The Hall–Kier alpha value is -3.52. The first-order chi connectivity index (χ1) is 16.5. The first kappa shape index (κ1) is 22.3. The summed E-state index contributed by atoms with van der Waals surface area (Å²) in [5, 5.41) is 7.51. The van der Waals surface area contributed by atoms with Gasteiger partial charge in [-0.3, -0.25) is 10.1 Å². The third kappa shape index (κ3) is 5.02. The number of rotatable bonds is 5. The van der Waals surface area contributed by atoms with Crippen LogP contribution in [-0.2, 0) is 6.54 Å². The second-order valence-electron chi connectivity index (χ2n) is 7.49. The molecule has 168 valence electrons. The molecule has 2 heterocycles. The van der Waals surface area contributed by atoms with Crippen LogP contribution in [0.2, 0.25) is 5.02 Å². The summed E-state index contributed by atoms with van der Waals surface area (Å²) in [6.45, 7) is 0.477. The van der Waals surface area contributed by atoms with E-state index in [-0.39, 0.29) is 10.9 Å². The molecule has 0 saturated carbocycles. The Balaban J connectivity index is 1.16. The fraction of sp³-hybridized carbons (Fsp3) is 0.0385. The van der Waals surface area contributed by atoms with Crippen LogP contribution in [0.3, 0.4) is 0 Å². The van der Waals surface area contributed by atoms with Gasteiger partial charge in [0.25, 0.3) is 5.91 Å². The van der Waals surface area contributed by atoms with Crippen LogP contribution in [-0.4, -0.2) is 16.0 Å². The number of nitrogens with zero attached hydrogens (tertiary/aromatic N) is 1. The lowest BCUT2D eigenvalue weighted by atomic mass is 10.1. The Kier molecular flexibility index (Phi) is 6.40. The molecule has 1 amide bonds. The SMILES string of the molecule is O=C(NC(=S)NCc1ccc(-c2nc3ccccc3s2)cc1)c1ccc(-c2cccc(Cl)c2)o1. The summed E-state index contributed by atoms with van der Waals surface area (Å²) in [6.07, 6.45) is 0. The predicted molar refractivity (Wildman–Crippen MR) is 141 cm³/mol. The maximum Gasteiger partial charge on any atom is 0.293 e. The number of halogens is 1. The molecule has 5 rings (SSSR count). The third-order valence-electron chi connectivity index (χ3n) is 5.11. The Morgan fingerprint density at radius 3 is 2.59 bits per heavy atom. The van der Waals surface area contributed by atoms with Crippen LogP contribution in [0.5, 0.6) is 0 Å². The molecule has 0 aliphatic heterocycles. The number of carbonyl (C=O) groups excluding carboxylic acids is 1. The quantitative estimate of drug-likeness (QED) is 0.262. The molecule has 3 aromatic carbocycles. The summed E-state index contributed by atoms with van der Waals surface area (Å²) in [5.74, 6) is 0.302. The van der Waals surface area contributed by atoms with Crippen LogP contribution in [0.15, 0.2) is 89.3 Å². The molecule has 2 N–H and O–H groups in total. The van der Waals surface area contributed by atoms with E-state index in [2.05, 4.69) is 16.7 Å². The minimum absolute atomic E-state index is 0.166. The van der Waals surface area contributed by atoms with Crippen molar-refractivity contribution in [3.8, 4) is 21.9 Å². The molecule has 0 unspecified atom stereocenters. The molecule has 0 aliphatic rings. The molecule has 5 aromatic rings. The van der Waals surface area contributed by atoms with Crippen molar-refractivity contribution in [1.29, 1.82) is 0 Å². The first-order valence-corrected chi connectivity index (χ1v) is 12.1. The van der Waals surface area contributed by atoms with Crippen molar-refractivity contribution in [2.75, 3.05) is 0 Å². The highest BCUT2D eigenvalue weighted by Crippen LogP contribution is 2.30. The van der Waals surface area contributed by atoms with Crippen molar-refractivity contribution in [1.82, 2.24) is 15.6 Å². The lowest BCUT2D eigenvalue weighted by molar-refractivity contribution is 0.0950. The molecular weight excluding hydrogens is 486 g/mol. The zero-order valence-electron chi connectivity index (χ0n) is 17.7. The fourth-order valence-electron chi connectivity index (χ4n) is 3.41. The number of amides is 1. The van der Waals surface area contributed by atoms with Gasteiger partial charge in [-0.2, -0.15) is 0 Å². The Morgan fingerprint density at radius 1 is 0.971 bits per heavy atom. The summed E-state index contributed by atoms with van der Waals surface area (Å²) in [6, 6.07) is 26.8. The number of carbonyl (C=O) groups is 1. The Morgan fingerprint density at radius 2 is 1.79 bits per heavy atom. The van der Waals surface area contributed by atoms with Crippen LogP contribution in [0.4, 0.5) is 0 Å². The number of fused-ring (bicyclic) bond motifs is 1. The maximum absolute atomic E-state index is 12.5. The maximum atomic E-state index is 12.5. The van der Waals surface area contributed by atoms with Gasteiger partial charge < -0.3 is 9.73 Å². The van der Waals surface area contributed by atoms with E-state index >= 15 is 0 Å². The highest BCUT2D eigenvalue weighted by atomic mass is 35.5. The number of thiazole rings is 1. The van der Waals surface area contributed by atoms with Crippen LogP contribution >= 0.6 is 35.2 Å². The van der Waals surface area contributed by atoms with E-state index in [9.17, 15) is 4.79 Å². The van der Waals surface area contributed by atoms with Gasteiger partial charge in [-0.05, 0) is 54.2 Å². The minimum Gasteiger partial charge on any atom is -0.451 e. The molecule has 34 heavy (non-hydrogen) atoms. The topological polar surface area (TPSA) is 67.2 Å². The van der Waals surface area contributed by atoms with Gasteiger partial charge in [-0.1, -0.05) is 60.1 Å². The number of hydrogen-bond acceptors (Lipinski definition) is 5. The standard InChI is InChI=1S/C26H18ClN3O2S2/c27-19-5-3-4-18(14-19)21-12-13-22(32-21)24(31)30-26(33)28-15-16-8-10-17(11-9-16)25-29-20-6-1-2-7-23(20)34-25/h1-14H,15H2,(H2,28,30,31,33). The third-order valence-corrected chi connectivity index (χ3v) is 6.68. The van der Waals surface area contributed by atoms with Crippen molar-refractivity contribution >= 4 is 56.4 Å². The van der Waals surface area contributed by atoms with Gasteiger partial charge >= 0.3 is 0 Å². The van der Waals surface area contributed by atoms with E-state index in [1.165, 1.54) is 4.70 Å². The lowest BCUT2D eigenvalue weighted by Gasteiger charge is -2.09. The second-order valence-corrected chi connectivity index (χ2v) is 9.37. The molecule has 0 radical (unpaired) electrons. The molecule has 8 heteroatoms. The van der Waals surface area contributed by atoms with Crippen molar-refractivity contribution in [2.24, 2.45) is 0 Å². The molecule has 0 saturated heterocycles. The van der Waals surface area contributed by atoms with Crippen molar-refractivity contribution in [3.05, 3.63) is 101 Å². The second kappa shape index (κ2) is 9.77. The molecule has 0 atom stereocenters. The Bertz CT molecular complexity index is 1460.